The SMILES string of the molecule is CC(C)CCOC(=O)CC1C(=O)NCCN1C(=S)NC(=O)c1cccc(OCCC(C)C)c1. The van der Waals surface area contributed by atoms with E-state index in [1.54, 1.807) is 29.2 Å². The van der Waals surface area contributed by atoms with Crippen LogP contribution in [0.4, 0.5) is 0 Å². The van der Waals surface area contributed by atoms with Gasteiger partial charge in [0.25, 0.3) is 5.91 Å². The molecule has 1 heterocycles. The Morgan fingerprint density at radius 2 is 1.88 bits per heavy atom. The molecule has 2 rings (SSSR count). The molecule has 0 spiro atoms. The summed E-state index contributed by atoms with van der Waals surface area (Å²) in [5.74, 6) is 0.347. The number of carbonyl (C=O) groups excluding carboxylic acids is 3. The molecule has 0 radical (unpaired) electrons. The summed E-state index contributed by atoms with van der Waals surface area (Å²) in [7, 11) is 0. The van der Waals surface area contributed by atoms with Crippen molar-refractivity contribution in [3.05, 3.63) is 29.8 Å². The quantitative estimate of drug-likeness (QED) is 0.395. The molecule has 8 nitrogen and oxygen atoms in total. The lowest BCUT2D eigenvalue weighted by molar-refractivity contribution is -0.147. The Morgan fingerprint density at radius 3 is 2.58 bits per heavy atom. The van der Waals surface area contributed by atoms with Crippen LogP contribution in [0.3, 0.4) is 0 Å². The van der Waals surface area contributed by atoms with Crippen molar-refractivity contribution < 1.29 is 23.9 Å². The lowest BCUT2D eigenvalue weighted by Gasteiger charge is -2.36. The normalized spacial score (nSPS) is 15.9. The fourth-order valence-electron chi connectivity index (χ4n) is 3.17. The van der Waals surface area contributed by atoms with E-state index in [2.05, 4.69) is 24.5 Å². The molecule has 2 amide bonds. The predicted octanol–water partition coefficient (Wildman–Crippen LogP) is 2.91. The lowest BCUT2D eigenvalue weighted by atomic mass is 10.1. The Morgan fingerprint density at radius 1 is 1.18 bits per heavy atom. The first kappa shape index (κ1) is 26.6. The highest BCUT2D eigenvalue weighted by molar-refractivity contribution is 7.80. The molecule has 1 unspecified atom stereocenters. The second-order valence-corrected chi connectivity index (χ2v) is 9.31. The lowest BCUT2D eigenvalue weighted by Crippen LogP contribution is -2.60. The van der Waals surface area contributed by atoms with Crippen molar-refractivity contribution in [1.29, 1.82) is 0 Å². The van der Waals surface area contributed by atoms with Crippen molar-refractivity contribution in [1.82, 2.24) is 15.5 Å². The van der Waals surface area contributed by atoms with E-state index in [-0.39, 0.29) is 17.4 Å². The van der Waals surface area contributed by atoms with Crippen molar-refractivity contribution in [3.8, 4) is 5.75 Å². The Labute approximate surface area is 201 Å². The van der Waals surface area contributed by atoms with Gasteiger partial charge in [-0.3, -0.25) is 19.7 Å². The van der Waals surface area contributed by atoms with E-state index in [0.717, 1.165) is 12.8 Å². The summed E-state index contributed by atoms with van der Waals surface area (Å²) in [6.07, 6.45) is 1.53. The third-order valence-electron chi connectivity index (χ3n) is 5.19. The molecule has 0 saturated carbocycles. The van der Waals surface area contributed by atoms with Gasteiger partial charge in [0, 0.05) is 18.7 Å². The second-order valence-electron chi connectivity index (χ2n) is 8.93. The molecule has 1 aliphatic rings. The molecule has 1 aliphatic heterocycles. The first-order chi connectivity index (χ1) is 15.7. The van der Waals surface area contributed by atoms with Gasteiger partial charge in [-0.1, -0.05) is 33.8 Å². The number of nitrogens with one attached hydrogen (secondary N) is 2. The van der Waals surface area contributed by atoms with Gasteiger partial charge in [0.2, 0.25) is 5.91 Å². The molecule has 0 bridgehead atoms. The first-order valence-corrected chi connectivity index (χ1v) is 11.9. The summed E-state index contributed by atoms with van der Waals surface area (Å²) < 4.78 is 11.0. The number of ether oxygens (including phenoxy) is 2. The van der Waals surface area contributed by atoms with Crippen LogP contribution in [0.5, 0.6) is 5.75 Å². The van der Waals surface area contributed by atoms with Gasteiger partial charge < -0.3 is 19.7 Å². The Balaban J connectivity index is 1.97. The van der Waals surface area contributed by atoms with E-state index >= 15 is 0 Å². The van der Waals surface area contributed by atoms with Crippen LogP contribution in [0.25, 0.3) is 0 Å². The van der Waals surface area contributed by atoms with E-state index in [9.17, 15) is 14.4 Å². The summed E-state index contributed by atoms with van der Waals surface area (Å²) in [4.78, 5) is 39.0. The van der Waals surface area contributed by atoms with Gasteiger partial charge in [-0.05, 0) is 55.1 Å². The molecular weight excluding hydrogens is 442 g/mol. The summed E-state index contributed by atoms with van der Waals surface area (Å²) in [5.41, 5.74) is 0.394. The Kier molecular flexibility index (Phi) is 10.6. The molecule has 33 heavy (non-hydrogen) atoms. The van der Waals surface area contributed by atoms with Crippen LogP contribution in [-0.2, 0) is 14.3 Å². The average molecular weight is 478 g/mol. The fourth-order valence-corrected chi connectivity index (χ4v) is 3.48. The smallest absolute Gasteiger partial charge is 0.308 e. The number of amides is 2. The number of carbonyl (C=O) groups is 3. The topological polar surface area (TPSA) is 97.0 Å². The van der Waals surface area contributed by atoms with Crippen molar-refractivity contribution in [2.75, 3.05) is 26.3 Å². The van der Waals surface area contributed by atoms with E-state index in [1.807, 2.05) is 13.8 Å². The van der Waals surface area contributed by atoms with Crippen LogP contribution in [-0.4, -0.2) is 60.1 Å². The third kappa shape index (κ3) is 9.00. The predicted molar refractivity (Wildman–Crippen MR) is 130 cm³/mol. The van der Waals surface area contributed by atoms with Crippen LogP contribution < -0.4 is 15.4 Å². The molecular formula is C24H35N3O5S. The van der Waals surface area contributed by atoms with Gasteiger partial charge in [0.15, 0.2) is 5.11 Å². The number of rotatable bonds is 10. The highest BCUT2D eigenvalue weighted by Crippen LogP contribution is 2.16. The van der Waals surface area contributed by atoms with Gasteiger partial charge in [-0.15, -0.1) is 0 Å². The average Bonchev–Trinajstić information content (AvgIpc) is 2.74. The minimum absolute atomic E-state index is 0.0981. The van der Waals surface area contributed by atoms with Crippen LogP contribution in [0.1, 0.15) is 57.3 Å². The third-order valence-corrected chi connectivity index (χ3v) is 5.53. The van der Waals surface area contributed by atoms with Gasteiger partial charge in [0.05, 0.1) is 19.6 Å². The summed E-state index contributed by atoms with van der Waals surface area (Å²) >= 11 is 5.42. The van der Waals surface area contributed by atoms with Gasteiger partial charge >= 0.3 is 5.97 Å². The molecule has 1 aromatic carbocycles. The zero-order valence-electron chi connectivity index (χ0n) is 19.9. The molecule has 182 valence electrons. The maximum absolute atomic E-state index is 12.8. The number of hydrogen-bond acceptors (Lipinski definition) is 6. The zero-order chi connectivity index (χ0) is 24.4. The van der Waals surface area contributed by atoms with Gasteiger partial charge in [-0.2, -0.15) is 0 Å². The monoisotopic (exact) mass is 477 g/mol. The summed E-state index contributed by atoms with van der Waals surface area (Å²) in [6, 6.07) is 6.03. The minimum Gasteiger partial charge on any atom is -0.494 e. The number of esters is 1. The number of piperazine rings is 1. The van der Waals surface area contributed by atoms with Gasteiger partial charge in [-0.25, -0.2) is 0 Å². The van der Waals surface area contributed by atoms with E-state index in [0.29, 0.717) is 49.5 Å². The second kappa shape index (κ2) is 13.1. The molecule has 1 saturated heterocycles. The van der Waals surface area contributed by atoms with E-state index in [1.165, 1.54) is 0 Å². The van der Waals surface area contributed by atoms with Gasteiger partial charge in [0.1, 0.15) is 11.8 Å². The van der Waals surface area contributed by atoms with Crippen LogP contribution >= 0.6 is 12.2 Å². The maximum atomic E-state index is 12.8. The minimum atomic E-state index is -0.830. The Bertz CT molecular complexity index is 843. The molecule has 1 atom stereocenters. The van der Waals surface area contributed by atoms with Crippen molar-refractivity contribution in [3.63, 3.8) is 0 Å². The number of nitrogens with zero attached hydrogens (tertiary/aromatic N) is 1. The van der Waals surface area contributed by atoms with E-state index < -0.39 is 17.9 Å². The largest absolute Gasteiger partial charge is 0.494 e. The maximum Gasteiger partial charge on any atom is 0.308 e. The summed E-state index contributed by atoms with van der Waals surface area (Å²) in [6.45, 7) is 9.94. The molecule has 2 N–H and O–H groups in total. The molecule has 1 aromatic rings. The standard InChI is InChI=1S/C24H35N3O5S/c1-16(2)8-12-31-19-7-5-6-18(14-19)22(29)26-24(33)27-11-10-25-23(30)20(27)15-21(28)32-13-9-17(3)4/h5-7,14,16-17,20H,8-13,15H2,1-4H3,(H,25,30)(H,26,29,33). The highest BCUT2D eigenvalue weighted by atomic mass is 32.1. The fraction of sp³-hybridized carbons (Fsp3) is 0.583. The van der Waals surface area contributed by atoms with Crippen LogP contribution in [0.15, 0.2) is 24.3 Å². The number of benzene rings is 1. The highest BCUT2D eigenvalue weighted by Gasteiger charge is 2.34. The molecule has 1 fully saturated rings. The van der Waals surface area contributed by atoms with Crippen LogP contribution in [0.2, 0.25) is 0 Å². The van der Waals surface area contributed by atoms with Crippen LogP contribution in [0, 0.1) is 11.8 Å². The van der Waals surface area contributed by atoms with E-state index in [4.69, 9.17) is 21.7 Å². The Hall–Kier alpha value is -2.68. The number of thiocarbonyl (C=S) groups is 1. The molecule has 9 heteroatoms. The molecule has 0 aromatic heterocycles. The number of hydrogen-bond donors (Lipinski definition) is 2. The zero-order valence-corrected chi connectivity index (χ0v) is 20.7. The van der Waals surface area contributed by atoms with Crippen molar-refractivity contribution in [2.24, 2.45) is 11.8 Å². The van der Waals surface area contributed by atoms with Crippen molar-refractivity contribution in [2.45, 2.75) is 53.0 Å². The first-order valence-electron chi connectivity index (χ1n) is 11.5. The molecule has 0 aliphatic carbocycles. The van der Waals surface area contributed by atoms with Crippen molar-refractivity contribution >= 4 is 35.1 Å². The summed E-state index contributed by atoms with van der Waals surface area (Å²) in [5, 5.41) is 5.52.